The minimum atomic E-state index is -0.848. The Morgan fingerprint density at radius 3 is 1.82 bits per heavy atom. The van der Waals surface area contributed by atoms with Crippen molar-refractivity contribution in [1.82, 2.24) is 29.8 Å². The van der Waals surface area contributed by atoms with E-state index in [2.05, 4.69) is 147 Å². The number of aromatic nitrogens is 6. The van der Waals surface area contributed by atoms with E-state index >= 15 is 0 Å². The normalized spacial score (nSPS) is 11.6. The molecule has 0 radical (unpaired) electrons. The Morgan fingerprint density at radius 1 is 0.647 bits per heavy atom. The lowest BCUT2D eigenvalue weighted by atomic mass is 9.77. The van der Waals surface area contributed by atoms with E-state index in [1.165, 1.54) is 5.56 Å². The zero-order chi connectivity index (χ0) is 34.6. The van der Waals surface area contributed by atoms with Crippen molar-refractivity contribution in [3.8, 4) is 28.5 Å². The van der Waals surface area contributed by atoms with Crippen molar-refractivity contribution in [3.63, 3.8) is 0 Å². The molecule has 0 spiro atoms. The summed E-state index contributed by atoms with van der Waals surface area (Å²) in [6.45, 7) is 3.16. The Labute approximate surface area is 305 Å². The first kappa shape index (κ1) is 32.4. The highest BCUT2D eigenvalue weighted by Crippen LogP contribution is 2.43. The first-order valence-electron chi connectivity index (χ1n) is 17.0. The Kier molecular flexibility index (Phi) is 8.99. The van der Waals surface area contributed by atoms with Gasteiger partial charge in [-0.1, -0.05) is 168 Å². The lowest BCUT2D eigenvalue weighted by molar-refractivity contribution is 0.301. The number of rotatable bonds is 11. The van der Waals surface area contributed by atoms with Gasteiger partial charge in [0.1, 0.15) is 5.54 Å². The first-order chi connectivity index (χ1) is 25.2. The number of ether oxygens (including phenoxy) is 1. The maximum absolute atomic E-state index is 5.99. The van der Waals surface area contributed by atoms with Crippen molar-refractivity contribution in [2.24, 2.45) is 0 Å². The smallest absolute Gasteiger partial charge is 0.297 e. The van der Waals surface area contributed by atoms with Crippen LogP contribution >= 0.6 is 15.9 Å². The van der Waals surface area contributed by atoms with Gasteiger partial charge in [0.2, 0.25) is 0 Å². The van der Waals surface area contributed by atoms with E-state index in [-0.39, 0.29) is 0 Å². The van der Waals surface area contributed by atoms with Gasteiger partial charge in [0.05, 0.1) is 24.2 Å². The van der Waals surface area contributed by atoms with E-state index in [1.54, 1.807) is 0 Å². The quantitative estimate of drug-likeness (QED) is 0.0980. The fraction of sp³-hybridized carbons (Fsp3) is 0.116. The van der Waals surface area contributed by atoms with Gasteiger partial charge in [-0.2, -0.15) is 4.98 Å². The monoisotopic (exact) mass is 730 g/mol. The lowest BCUT2D eigenvalue weighted by Gasteiger charge is -2.36. The highest BCUT2D eigenvalue weighted by molar-refractivity contribution is 9.08. The van der Waals surface area contributed by atoms with E-state index < -0.39 is 5.54 Å². The minimum Gasteiger partial charge on any atom is -0.465 e. The summed E-state index contributed by atoms with van der Waals surface area (Å²) in [5.41, 5.74) is 9.67. The molecule has 0 saturated carbocycles. The molecule has 6 aromatic carbocycles. The standard InChI is InChI=1S/C43H35BrN6O/c1-2-51-42-45-39-24-14-15-33(29-44)40(39)49(42)30-31-25-27-32(28-26-31)37-22-12-13-23-38(37)41-46-47-48-50(41)43(34-16-6-3-7-17-34,35-18-8-4-9-19-35)36-20-10-5-11-21-36/h3-28H,2,29-30H2,1H3. The van der Waals surface area contributed by atoms with Crippen LogP contribution in [-0.2, 0) is 17.4 Å². The van der Waals surface area contributed by atoms with Gasteiger partial charge in [-0.05, 0) is 62.4 Å². The van der Waals surface area contributed by atoms with E-state index in [4.69, 9.17) is 20.0 Å². The molecule has 0 fully saturated rings. The summed E-state index contributed by atoms with van der Waals surface area (Å²) in [6.07, 6.45) is 0. The van der Waals surface area contributed by atoms with Crippen LogP contribution in [0.15, 0.2) is 158 Å². The second-order valence-corrected chi connectivity index (χ2v) is 12.9. The second-order valence-electron chi connectivity index (χ2n) is 12.3. The van der Waals surface area contributed by atoms with E-state index in [1.807, 2.05) is 48.0 Å². The highest BCUT2D eigenvalue weighted by Gasteiger charge is 2.42. The highest BCUT2D eigenvalue weighted by atomic mass is 79.9. The topological polar surface area (TPSA) is 70.7 Å². The molecule has 250 valence electrons. The van der Waals surface area contributed by atoms with Crippen molar-refractivity contribution in [2.45, 2.75) is 24.3 Å². The van der Waals surface area contributed by atoms with Gasteiger partial charge >= 0.3 is 0 Å². The Bertz CT molecular complexity index is 2290. The van der Waals surface area contributed by atoms with Crippen molar-refractivity contribution in [1.29, 1.82) is 0 Å². The third-order valence-electron chi connectivity index (χ3n) is 9.37. The summed E-state index contributed by atoms with van der Waals surface area (Å²) in [5.74, 6) is 0.666. The van der Waals surface area contributed by atoms with Gasteiger partial charge in [-0.25, -0.2) is 4.68 Å². The molecular formula is C43H35BrN6O. The van der Waals surface area contributed by atoms with E-state index in [0.29, 0.717) is 25.0 Å². The SMILES string of the molecule is CCOc1nc2cccc(CBr)c2n1Cc1ccc(-c2ccccc2-c2nnnn2C(c2ccccc2)(c2ccccc2)c2ccccc2)cc1. The molecule has 2 heterocycles. The number of halogens is 1. The molecule has 0 amide bonds. The Balaban J connectivity index is 1.24. The second kappa shape index (κ2) is 14.2. The van der Waals surface area contributed by atoms with Gasteiger partial charge in [-0.15, -0.1) is 5.10 Å². The molecule has 8 rings (SSSR count). The average Bonchev–Trinajstić information content (AvgIpc) is 3.82. The number of nitrogens with zero attached hydrogens (tertiary/aromatic N) is 6. The third kappa shape index (κ3) is 5.81. The summed E-state index contributed by atoms with van der Waals surface area (Å²) in [5, 5.41) is 14.6. The summed E-state index contributed by atoms with van der Waals surface area (Å²) in [4.78, 5) is 4.80. The largest absolute Gasteiger partial charge is 0.465 e. The number of hydrogen-bond acceptors (Lipinski definition) is 5. The fourth-order valence-electron chi connectivity index (χ4n) is 7.12. The number of fused-ring (bicyclic) bond motifs is 1. The van der Waals surface area contributed by atoms with E-state index in [9.17, 15) is 0 Å². The van der Waals surface area contributed by atoms with Gasteiger partial charge in [0.25, 0.3) is 6.01 Å². The van der Waals surface area contributed by atoms with Crippen LogP contribution in [0.25, 0.3) is 33.5 Å². The van der Waals surface area contributed by atoms with Crippen LogP contribution in [-0.4, -0.2) is 36.4 Å². The number of alkyl halides is 1. The van der Waals surface area contributed by atoms with Gasteiger partial charge in [0.15, 0.2) is 5.82 Å². The number of benzene rings is 6. The number of hydrogen-bond donors (Lipinski definition) is 0. The zero-order valence-electron chi connectivity index (χ0n) is 28.1. The molecule has 0 atom stereocenters. The summed E-state index contributed by atoms with van der Waals surface area (Å²) in [7, 11) is 0. The van der Waals surface area contributed by atoms with Crippen LogP contribution in [0.2, 0.25) is 0 Å². The number of tetrazole rings is 1. The average molecular weight is 732 g/mol. The predicted molar refractivity (Wildman–Crippen MR) is 206 cm³/mol. The zero-order valence-corrected chi connectivity index (χ0v) is 29.7. The van der Waals surface area contributed by atoms with Crippen LogP contribution in [0.1, 0.15) is 34.7 Å². The molecule has 0 saturated heterocycles. The maximum Gasteiger partial charge on any atom is 0.297 e. The first-order valence-corrected chi connectivity index (χ1v) is 18.2. The summed E-state index contributed by atoms with van der Waals surface area (Å²) in [6, 6.07) is 55.3. The molecule has 7 nitrogen and oxygen atoms in total. The van der Waals surface area contributed by atoms with Crippen molar-refractivity contribution in [3.05, 3.63) is 186 Å². The molecule has 51 heavy (non-hydrogen) atoms. The van der Waals surface area contributed by atoms with Crippen LogP contribution in [0, 0.1) is 0 Å². The molecular weight excluding hydrogens is 696 g/mol. The van der Waals surface area contributed by atoms with Crippen LogP contribution < -0.4 is 4.74 Å². The van der Waals surface area contributed by atoms with Crippen LogP contribution in [0.3, 0.4) is 0 Å². The van der Waals surface area contributed by atoms with Crippen molar-refractivity contribution < 1.29 is 4.74 Å². The fourth-order valence-corrected chi connectivity index (χ4v) is 7.57. The number of imidazole rings is 1. The molecule has 0 unspecified atom stereocenters. The lowest BCUT2D eigenvalue weighted by Crippen LogP contribution is -2.39. The molecule has 0 bridgehead atoms. The summed E-state index contributed by atoms with van der Waals surface area (Å²) < 4.78 is 10.2. The summed E-state index contributed by atoms with van der Waals surface area (Å²) >= 11 is 3.66. The van der Waals surface area contributed by atoms with Gasteiger partial charge in [-0.3, -0.25) is 4.57 Å². The molecule has 0 N–H and O–H groups in total. The van der Waals surface area contributed by atoms with Crippen molar-refractivity contribution in [2.75, 3.05) is 6.61 Å². The Morgan fingerprint density at radius 2 is 1.24 bits per heavy atom. The molecule has 0 aliphatic rings. The molecule has 0 aliphatic heterocycles. The minimum absolute atomic E-state index is 0.544. The van der Waals surface area contributed by atoms with Crippen LogP contribution in [0.5, 0.6) is 6.01 Å². The maximum atomic E-state index is 5.99. The van der Waals surface area contributed by atoms with Gasteiger partial charge in [0, 0.05) is 10.9 Å². The molecule has 0 aliphatic carbocycles. The number of para-hydroxylation sites is 1. The molecule has 8 heteroatoms. The molecule has 2 aromatic heterocycles. The predicted octanol–water partition coefficient (Wildman–Crippen LogP) is 9.54. The van der Waals surface area contributed by atoms with Gasteiger partial charge < -0.3 is 4.74 Å². The van der Waals surface area contributed by atoms with E-state index in [0.717, 1.165) is 55.3 Å². The molecule has 8 aromatic rings. The van der Waals surface area contributed by atoms with Crippen molar-refractivity contribution >= 4 is 27.0 Å². The Hall–Kier alpha value is -5.86. The van der Waals surface area contributed by atoms with Crippen LogP contribution in [0.4, 0.5) is 0 Å². The third-order valence-corrected chi connectivity index (χ3v) is 9.97.